The predicted molar refractivity (Wildman–Crippen MR) is 117 cm³/mol. The second kappa shape index (κ2) is 9.56. The quantitative estimate of drug-likeness (QED) is 0.595. The fourth-order valence-electron chi connectivity index (χ4n) is 2.82. The molecule has 0 spiro atoms. The van der Waals surface area contributed by atoms with E-state index in [1.54, 1.807) is 38.2 Å². The Morgan fingerprint density at radius 3 is 2.10 bits per heavy atom. The molecule has 1 amide bonds. The van der Waals surface area contributed by atoms with Crippen LogP contribution < -0.4 is 10.1 Å². The van der Waals surface area contributed by atoms with E-state index in [1.807, 2.05) is 48.5 Å². The first kappa shape index (κ1) is 21.5. The third-order valence-corrected chi connectivity index (χ3v) is 6.32. The SMILES string of the molecule is C[C@H](Oc1ccccc1)C(=O)Nc1ccc(S(=O)(=O)N(C)Cc2ccccc2)cc1. The maximum absolute atomic E-state index is 12.8. The number of carbonyl (C=O) groups excluding carboxylic acids is 1. The van der Waals surface area contributed by atoms with Gasteiger partial charge in [0.1, 0.15) is 5.75 Å². The lowest BCUT2D eigenvalue weighted by Crippen LogP contribution is -2.30. The standard InChI is InChI=1S/C23H24N2O4S/c1-18(29-21-11-7-4-8-12-21)23(26)24-20-13-15-22(16-14-20)30(27,28)25(2)17-19-9-5-3-6-10-19/h3-16,18H,17H2,1-2H3,(H,24,26)/t18-/m0/s1. The number of para-hydroxylation sites is 1. The number of nitrogens with one attached hydrogen (secondary N) is 1. The molecule has 0 heterocycles. The summed E-state index contributed by atoms with van der Waals surface area (Å²) in [7, 11) is -2.10. The van der Waals surface area contributed by atoms with E-state index in [2.05, 4.69) is 5.32 Å². The maximum atomic E-state index is 12.8. The Balaban J connectivity index is 1.63. The zero-order chi connectivity index (χ0) is 21.6. The summed E-state index contributed by atoms with van der Waals surface area (Å²) in [5.41, 5.74) is 1.40. The Morgan fingerprint density at radius 2 is 1.50 bits per heavy atom. The predicted octanol–water partition coefficient (Wildman–Crippen LogP) is 3.91. The van der Waals surface area contributed by atoms with E-state index in [0.29, 0.717) is 11.4 Å². The van der Waals surface area contributed by atoms with Crippen LogP contribution in [-0.4, -0.2) is 31.8 Å². The monoisotopic (exact) mass is 424 g/mol. The molecule has 0 saturated carbocycles. The minimum Gasteiger partial charge on any atom is -0.481 e. The van der Waals surface area contributed by atoms with Crippen LogP contribution in [0.15, 0.2) is 89.8 Å². The molecule has 0 bridgehead atoms. The normalized spacial score (nSPS) is 12.4. The highest BCUT2D eigenvalue weighted by atomic mass is 32.2. The van der Waals surface area contributed by atoms with Crippen LogP contribution in [0.3, 0.4) is 0 Å². The third kappa shape index (κ3) is 5.46. The Hall–Kier alpha value is -3.16. The van der Waals surface area contributed by atoms with Crippen molar-refractivity contribution in [1.82, 2.24) is 4.31 Å². The van der Waals surface area contributed by atoms with Crippen LogP contribution in [0.1, 0.15) is 12.5 Å². The van der Waals surface area contributed by atoms with Crippen LogP contribution in [-0.2, 0) is 21.4 Å². The maximum Gasteiger partial charge on any atom is 0.265 e. The highest BCUT2D eigenvalue weighted by molar-refractivity contribution is 7.89. The number of amides is 1. The number of hydrogen-bond donors (Lipinski definition) is 1. The van der Waals surface area contributed by atoms with E-state index < -0.39 is 16.1 Å². The molecular weight excluding hydrogens is 400 g/mol. The zero-order valence-corrected chi connectivity index (χ0v) is 17.7. The molecule has 30 heavy (non-hydrogen) atoms. The van der Waals surface area contributed by atoms with Gasteiger partial charge in [-0.3, -0.25) is 4.79 Å². The van der Waals surface area contributed by atoms with Crippen molar-refractivity contribution in [2.45, 2.75) is 24.5 Å². The zero-order valence-electron chi connectivity index (χ0n) is 16.9. The molecule has 0 aliphatic rings. The number of sulfonamides is 1. The van der Waals surface area contributed by atoms with E-state index in [0.717, 1.165) is 5.56 Å². The van der Waals surface area contributed by atoms with E-state index >= 15 is 0 Å². The van der Waals surface area contributed by atoms with Gasteiger partial charge in [0.2, 0.25) is 10.0 Å². The van der Waals surface area contributed by atoms with Crippen LogP contribution in [0.2, 0.25) is 0 Å². The summed E-state index contributed by atoms with van der Waals surface area (Å²) in [6, 6.07) is 24.5. The van der Waals surface area contributed by atoms with Crippen LogP contribution in [0.5, 0.6) is 5.75 Å². The largest absolute Gasteiger partial charge is 0.481 e. The van der Waals surface area contributed by atoms with E-state index in [9.17, 15) is 13.2 Å². The van der Waals surface area contributed by atoms with Crippen molar-refractivity contribution in [1.29, 1.82) is 0 Å². The molecule has 0 fully saturated rings. The van der Waals surface area contributed by atoms with Gasteiger partial charge in [0, 0.05) is 19.3 Å². The summed E-state index contributed by atoms with van der Waals surface area (Å²) < 4.78 is 32.5. The first-order chi connectivity index (χ1) is 14.4. The molecule has 7 heteroatoms. The number of ether oxygens (including phenoxy) is 1. The molecule has 1 atom stereocenters. The molecule has 156 valence electrons. The lowest BCUT2D eigenvalue weighted by Gasteiger charge is -2.18. The van der Waals surface area contributed by atoms with Gasteiger partial charge in [-0.25, -0.2) is 8.42 Å². The van der Waals surface area contributed by atoms with Gasteiger partial charge in [-0.15, -0.1) is 0 Å². The lowest BCUT2D eigenvalue weighted by molar-refractivity contribution is -0.122. The minimum absolute atomic E-state index is 0.160. The molecule has 6 nitrogen and oxygen atoms in total. The summed E-state index contributed by atoms with van der Waals surface area (Å²) in [5, 5.41) is 2.74. The van der Waals surface area contributed by atoms with Gasteiger partial charge in [0.05, 0.1) is 4.90 Å². The van der Waals surface area contributed by atoms with Crippen molar-refractivity contribution in [3.63, 3.8) is 0 Å². The van der Waals surface area contributed by atoms with Crippen LogP contribution in [0.4, 0.5) is 5.69 Å². The first-order valence-electron chi connectivity index (χ1n) is 9.49. The smallest absolute Gasteiger partial charge is 0.265 e. The Labute approximate surface area is 177 Å². The minimum atomic E-state index is -3.64. The fraction of sp³-hybridized carbons (Fsp3) is 0.174. The molecule has 0 radical (unpaired) electrons. The first-order valence-corrected chi connectivity index (χ1v) is 10.9. The van der Waals surface area contributed by atoms with Gasteiger partial charge in [0.15, 0.2) is 6.10 Å². The van der Waals surface area contributed by atoms with Gasteiger partial charge in [-0.2, -0.15) is 4.31 Å². The Kier molecular flexibility index (Phi) is 6.87. The second-order valence-electron chi connectivity index (χ2n) is 6.83. The molecule has 1 N–H and O–H groups in total. The molecule has 0 aromatic heterocycles. The Bertz CT molecular complexity index is 1070. The van der Waals surface area contributed by atoms with Crippen molar-refractivity contribution in [2.75, 3.05) is 12.4 Å². The van der Waals surface area contributed by atoms with Crippen LogP contribution >= 0.6 is 0 Å². The summed E-state index contributed by atoms with van der Waals surface area (Å²) >= 11 is 0. The van der Waals surface area contributed by atoms with Crippen LogP contribution in [0.25, 0.3) is 0 Å². The third-order valence-electron chi connectivity index (χ3n) is 4.50. The van der Waals surface area contributed by atoms with E-state index in [-0.39, 0.29) is 17.3 Å². The molecule has 3 rings (SSSR count). The highest BCUT2D eigenvalue weighted by Gasteiger charge is 2.21. The number of carbonyl (C=O) groups is 1. The number of hydrogen-bond acceptors (Lipinski definition) is 4. The molecule has 3 aromatic carbocycles. The summed E-state index contributed by atoms with van der Waals surface area (Å²) in [6.45, 7) is 1.93. The average Bonchev–Trinajstić information content (AvgIpc) is 2.75. The number of benzene rings is 3. The fourth-order valence-corrected chi connectivity index (χ4v) is 3.98. The van der Waals surface area contributed by atoms with E-state index in [4.69, 9.17) is 4.74 Å². The van der Waals surface area contributed by atoms with Crippen molar-refractivity contribution in [3.8, 4) is 5.75 Å². The van der Waals surface area contributed by atoms with Gasteiger partial charge in [0.25, 0.3) is 5.91 Å². The number of rotatable bonds is 8. The summed E-state index contributed by atoms with van der Waals surface area (Å²) in [4.78, 5) is 12.5. The van der Waals surface area contributed by atoms with Crippen LogP contribution in [0, 0.1) is 0 Å². The van der Waals surface area contributed by atoms with Gasteiger partial charge in [-0.1, -0.05) is 48.5 Å². The highest BCUT2D eigenvalue weighted by Crippen LogP contribution is 2.20. The molecule has 0 unspecified atom stereocenters. The summed E-state index contributed by atoms with van der Waals surface area (Å²) in [5.74, 6) is 0.277. The molecule has 0 saturated heterocycles. The van der Waals surface area contributed by atoms with Crippen molar-refractivity contribution in [2.24, 2.45) is 0 Å². The molecule has 0 aliphatic heterocycles. The number of nitrogens with zero attached hydrogens (tertiary/aromatic N) is 1. The Morgan fingerprint density at radius 1 is 0.933 bits per heavy atom. The van der Waals surface area contributed by atoms with Gasteiger partial charge in [-0.05, 0) is 48.9 Å². The molecule has 3 aromatic rings. The molecule has 0 aliphatic carbocycles. The van der Waals surface area contributed by atoms with E-state index in [1.165, 1.54) is 16.4 Å². The summed E-state index contributed by atoms with van der Waals surface area (Å²) in [6.07, 6.45) is -0.701. The van der Waals surface area contributed by atoms with Gasteiger partial charge >= 0.3 is 0 Å². The van der Waals surface area contributed by atoms with Crippen molar-refractivity contribution >= 4 is 21.6 Å². The lowest BCUT2D eigenvalue weighted by atomic mass is 10.2. The van der Waals surface area contributed by atoms with Crippen molar-refractivity contribution in [3.05, 3.63) is 90.5 Å². The molecular formula is C23H24N2O4S. The van der Waals surface area contributed by atoms with Gasteiger partial charge < -0.3 is 10.1 Å². The van der Waals surface area contributed by atoms with Crippen molar-refractivity contribution < 1.29 is 17.9 Å². The topological polar surface area (TPSA) is 75.7 Å². The number of anilines is 1. The average molecular weight is 425 g/mol. The second-order valence-corrected chi connectivity index (χ2v) is 8.88.